The molecule has 10 nitrogen and oxygen atoms in total. The Morgan fingerprint density at radius 3 is 2.31 bits per heavy atom. The zero-order valence-electron chi connectivity index (χ0n) is 21.0. The molecule has 1 heterocycles. The number of benzene rings is 1. The Balaban J connectivity index is 1.69. The first-order chi connectivity index (χ1) is 16.9. The lowest BCUT2D eigenvalue weighted by Crippen LogP contribution is -2.48. The van der Waals surface area contributed by atoms with Crippen LogP contribution in [-0.2, 0) is 19.1 Å². The first-order valence-corrected chi connectivity index (χ1v) is 12.4. The fourth-order valence-corrected chi connectivity index (χ4v) is 3.65. The number of amides is 2. The Bertz CT molecular complexity index is 835. The van der Waals surface area contributed by atoms with Gasteiger partial charge in [0.2, 0.25) is 5.91 Å². The maximum atomic E-state index is 12.3. The lowest BCUT2D eigenvalue weighted by Gasteiger charge is -2.33. The van der Waals surface area contributed by atoms with E-state index in [1.54, 1.807) is 31.2 Å². The van der Waals surface area contributed by atoms with Crippen molar-refractivity contribution in [1.29, 1.82) is 0 Å². The number of carbonyl (C=O) groups is 3. The van der Waals surface area contributed by atoms with Gasteiger partial charge < -0.3 is 25.4 Å². The maximum absolute atomic E-state index is 12.3. The Labute approximate surface area is 207 Å². The average Bonchev–Trinajstić information content (AvgIpc) is 2.84. The molecule has 0 radical (unpaired) electrons. The van der Waals surface area contributed by atoms with Gasteiger partial charge in [0.15, 0.2) is 0 Å². The summed E-state index contributed by atoms with van der Waals surface area (Å²) in [5.74, 6) is -0.208. The molecule has 0 bridgehead atoms. The maximum Gasteiger partial charge on any atom is 0.435 e. The van der Waals surface area contributed by atoms with Crippen molar-refractivity contribution < 1.29 is 23.9 Å². The highest BCUT2D eigenvalue weighted by molar-refractivity contribution is 6.03. The number of hydrogen-bond acceptors (Lipinski definition) is 7. The number of rotatable bonds is 13. The van der Waals surface area contributed by atoms with Crippen molar-refractivity contribution in [2.24, 2.45) is 10.7 Å². The number of unbranched alkanes of at least 4 members (excludes halogenated alkanes) is 3. The molecule has 0 spiro atoms. The van der Waals surface area contributed by atoms with Crippen molar-refractivity contribution in [2.75, 3.05) is 57.8 Å². The molecule has 1 aliphatic heterocycles. The summed E-state index contributed by atoms with van der Waals surface area (Å²) >= 11 is 0. The van der Waals surface area contributed by atoms with Crippen LogP contribution in [0.2, 0.25) is 0 Å². The van der Waals surface area contributed by atoms with Crippen LogP contribution in [-0.4, -0.2) is 86.1 Å². The van der Waals surface area contributed by atoms with Crippen LogP contribution in [0.3, 0.4) is 0 Å². The number of aliphatic imine (C=N–C) groups is 1. The van der Waals surface area contributed by atoms with E-state index in [4.69, 9.17) is 15.2 Å². The molecule has 1 saturated heterocycles. The summed E-state index contributed by atoms with van der Waals surface area (Å²) in [5, 5.41) is 2.87. The van der Waals surface area contributed by atoms with Crippen molar-refractivity contribution in [1.82, 2.24) is 9.80 Å². The monoisotopic (exact) mass is 489 g/mol. The molecular weight excluding hydrogens is 450 g/mol. The van der Waals surface area contributed by atoms with E-state index in [0.29, 0.717) is 44.0 Å². The molecule has 0 atom stereocenters. The normalized spacial score (nSPS) is 15.0. The molecule has 1 fully saturated rings. The molecule has 1 aromatic rings. The molecule has 2 rings (SSSR count). The third-order valence-electron chi connectivity index (χ3n) is 5.68. The summed E-state index contributed by atoms with van der Waals surface area (Å²) in [6, 6.07) is 6.84. The molecule has 0 aliphatic carbocycles. The first kappa shape index (κ1) is 28.3. The quantitative estimate of drug-likeness (QED) is 0.187. The van der Waals surface area contributed by atoms with Gasteiger partial charge in [-0.05, 0) is 37.6 Å². The number of nitrogens with one attached hydrogen (secondary N) is 1. The van der Waals surface area contributed by atoms with Gasteiger partial charge >= 0.3 is 12.1 Å². The molecule has 0 aromatic heterocycles. The fourth-order valence-electron chi connectivity index (χ4n) is 3.65. The van der Waals surface area contributed by atoms with Gasteiger partial charge in [0.25, 0.3) is 0 Å². The molecule has 194 valence electrons. The number of hydrogen-bond donors (Lipinski definition) is 2. The molecule has 10 heteroatoms. The summed E-state index contributed by atoms with van der Waals surface area (Å²) in [7, 11) is 0. The Hall–Kier alpha value is -2.98. The largest absolute Gasteiger partial charge is 0.465 e. The van der Waals surface area contributed by atoms with Crippen molar-refractivity contribution in [3.05, 3.63) is 29.8 Å². The van der Waals surface area contributed by atoms with Crippen molar-refractivity contribution in [2.45, 2.75) is 46.0 Å². The zero-order chi connectivity index (χ0) is 25.5. The lowest BCUT2D eigenvalue weighted by molar-refractivity contribution is -0.144. The molecule has 1 aliphatic rings. The lowest BCUT2D eigenvalue weighted by atomic mass is 10.2. The summed E-state index contributed by atoms with van der Waals surface area (Å²) in [6.45, 7) is 8.78. The van der Waals surface area contributed by atoms with Crippen molar-refractivity contribution >= 4 is 29.5 Å². The molecule has 3 N–H and O–H groups in total. The fraction of sp³-hybridized carbons (Fsp3) is 0.600. The Kier molecular flexibility index (Phi) is 12.8. The van der Waals surface area contributed by atoms with E-state index in [0.717, 1.165) is 51.9 Å². The smallest absolute Gasteiger partial charge is 0.435 e. The second-order valence-electron chi connectivity index (χ2n) is 8.47. The van der Waals surface area contributed by atoms with Gasteiger partial charge in [0, 0.05) is 50.4 Å². The highest BCUT2D eigenvalue weighted by atomic mass is 16.5. The number of anilines is 1. The van der Waals surface area contributed by atoms with E-state index in [2.05, 4.69) is 27.0 Å². The highest BCUT2D eigenvalue weighted by Gasteiger charge is 2.19. The molecule has 2 amide bonds. The van der Waals surface area contributed by atoms with Crippen LogP contribution in [0.5, 0.6) is 0 Å². The SMILES string of the molecule is CCCCCCOC(=O)/N=C(\N)c1ccc(NC(=O)CCN2CCN(CC(=O)OCC)CC2)cc1. The first-order valence-electron chi connectivity index (χ1n) is 12.4. The van der Waals surface area contributed by atoms with Crippen LogP contribution in [0.4, 0.5) is 10.5 Å². The third kappa shape index (κ3) is 11.3. The number of nitrogens with zero attached hydrogens (tertiary/aromatic N) is 3. The van der Waals surface area contributed by atoms with Crippen LogP contribution in [0.1, 0.15) is 51.5 Å². The van der Waals surface area contributed by atoms with E-state index in [-0.39, 0.29) is 17.7 Å². The van der Waals surface area contributed by atoms with Gasteiger partial charge in [-0.25, -0.2) is 4.79 Å². The minimum absolute atomic E-state index is 0.0727. The third-order valence-corrected chi connectivity index (χ3v) is 5.68. The second-order valence-corrected chi connectivity index (χ2v) is 8.47. The van der Waals surface area contributed by atoms with Gasteiger partial charge in [-0.1, -0.05) is 26.2 Å². The summed E-state index contributed by atoms with van der Waals surface area (Å²) in [4.78, 5) is 43.8. The number of nitrogens with two attached hydrogens (primary N) is 1. The average molecular weight is 490 g/mol. The zero-order valence-corrected chi connectivity index (χ0v) is 21.0. The van der Waals surface area contributed by atoms with Crippen molar-refractivity contribution in [3.8, 4) is 0 Å². The van der Waals surface area contributed by atoms with E-state index in [1.807, 2.05) is 0 Å². The highest BCUT2D eigenvalue weighted by Crippen LogP contribution is 2.11. The summed E-state index contributed by atoms with van der Waals surface area (Å²) in [5.41, 5.74) is 7.13. The van der Waals surface area contributed by atoms with Gasteiger partial charge in [-0.2, -0.15) is 4.99 Å². The predicted octanol–water partition coefficient (Wildman–Crippen LogP) is 2.62. The number of esters is 1. The van der Waals surface area contributed by atoms with Gasteiger partial charge in [0.05, 0.1) is 19.8 Å². The number of piperazine rings is 1. The topological polar surface area (TPSA) is 127 Å². The van der Waals surface area contributed by atoms with Gasteiger partial charge in [0.1, 0.15) is 5.84 Å². The summed E-state index contributed by atoms with van der Waals surface area (Å²) in [6.07, 6.45) is 3.73. The van der Waals surface area contributed by atoms with E-state index >= 15 is 0 Å². The van der Waals surface area contributed by atoms with Crippen LogP contribution < -0.4 is 11.1 Å². The molecule has 0 saturated carbocycles. The molecular formula is C25H39N5O5. The standard InChI is InChI=1S/C25H39N5O5/c1-3-5-6-7-18-35-25(33)28-24(26)20-8-10-21(11-9-20)27-22(31)12-13-29-14-16-30(17-15-29)19-23(32)34-4-2/h8-11H,3-7,12-19H2,1-2H3,(H,27,31)(H2,26,28,33). The Morgan fingerprint density at radius 2 is 1.66 bits per heavy atom. The van der Waals surface area contributed by atoms with Crippen molar-refractivity contribution in [3.63, 3.8) is 0 Å². The van der Waals surface area contributed by atoms with E-state index in [1.165, 1.54) is 0 Å². The Morgan fingerprint density at radius 1 is 0.971 bits per heavy atom. The van der Waals surface area contributed by atoms with Crippen LogP contribution >= 0.6 is 0 Å². The number of ether oxygens (including phenoxy) is 2. The molecule has 35 heavy (non-hydrogen) atoms. The van der Waals surface area contributed by atoms with E-state index in [9.17, 15) is 14.4 Å². The predicted molar refractivity (Wildman–Crippen MR) is 135 cm³/mol. The minimum atomic E-state index is -0.696. The summed E-state index contributed by atoms with van der Waals surface area (Å²) < 4.78 is 10.1. The van der Waals surface area contributed by atoms with Crippen LogP contribution in [0.15, 0.2) is 29.3 Å². The van der Waals surface area contributed by atoms with Crippen LogP contribution in [0, 0.1) is 0 Å². The number of amidine groups is 1. The molecule has 1 aromatic carbocycles. The van der Waals surface area contributed by atoms with Gasteiger partial charge in [-0.3, -0.25) is 14.5 Å². The number of carbonyl (C=O) groups excluding carboxylic acids is 3. The van der Waals surface area contributed by atoms with Gasteiger partial charge in [-0.15, -0.1) is 0 Å². The molecule has 0 unspecified atom stereocenters. The second kappa shape index (κ2) is 15.8. The van der Waals surface area contributed by atoms with Crippen LogP contribution in [0.25, 0.3) is 0 Å². The van der Waals surface area contributed by atoms with E-state index < -0.39 is 6.09 Å². The minimum Gasteiger partial charge on any atom is -0.465 e.